The first-order valence-electron chi connectivity index (χ1n) is 10.7. The van der Waals surface area contributed by atoms with Crippen LogP contribution < -0.4 is 10.1 Å². The van der Waals surface area contributed by atoms with Gasteiger partial charge in [0, 0.05) is 23.0 Å². The van der Waals surface area contributed by atoms with Crippen LogP contribution in [-0.2, 0) is 16.6 Å². The quantitative estimate of drug-likeness (QED) is 0.521. The maximum Gasteiger partial charge on any atom is 0.422 e. The second kappa shape index (κ2) is 8.82. The number of anilines is 1. The number of methoxy groups -OCH3 is 1. The number of nitrogens with zero attached hydrogens (tertiary/aromatic N) is 1. The Kier molecular flexibility index (Phi) is 6.62. The minimum Gasteiger partial charge on any atom is -0.496 e. The number of fused-ring (bicyclic) bond motifs is 1. The van der Waals surface area contributed by atoms with Crippen molar-refractivity contribution in [3.8, 4) is 5.75 Å². The molecule has 1 unspecified atom stereocenters. The van der Waals surface area contributed by atoms with E-state index in [0.717, 1.165) is 5.56 Å². The highest BCUT2D eigenvalue weighted by Crippen LogP contribution is 2.45. The lowest BCUT2D eigenvalue weighted by atomic mass is 9.74. The number of para-hydroxylation sites is 1. The number of amides is 1. The zero-order valence-electron chi connectivity index (χ0n) is 19.4. The van der Waals surface area contributed by atoms with E-state index in [-0.39, 0.29) is 23.9 Å². The second-order valence-corrected chi connectivity index (χ2v) is 9.35. The predicted octanol–water partition coefficient (Wildman–Crippen LogP) is 5.68. The van der Waals surface area contributed by atoms with Crippen molar-refractivity contribution in [2.24, 2.45) is 4.99 Å². The average molecular weight is 463 g/mol. The number of hydrogen-bond acceptors (Lipinski definition) is 4. The van der Waals surface area contributed by atoms with Crippen molar-refractivity contribution in [3.63, 3.8) is 0 Å². The van der Waals surface area contributed by atoms with E-state index in [1.54, 1.807) is 38.1 Å². The summed E-state index contributed by atoms with van der Waals surface area (Å²) in [6.07, 6.45) is -5.07. The third kappa shape index (κ3) is 4.90. The van der Waals surface area contributed by atoms with Crippen LogP contribution >= 0.6 is 0 Å². The van der Waals surface area contributed by atoms with Crippen molar-refractivity contribution in [3.05, 3.63) is 53.1 Å². The Hall–Kier alpha value is -2.87. The fourth-order valence-corrected chi connectivity index (χ4v) is 4.29. The molecular formula is C25H29F3N2O3. The van der Waals surface area contributed by atoms with Crippen molar-refractivity contribution in [2.75, 3.05) is 12.4 Å². The minimum absolute atomic E-state index is 0.0258. The molecule has 5 nitrogen and oxygen atoms in total. The topological polar surface area (TPSA) is 70.9 Å². The molecule has 178 valence electrons. The van der Waals surface area contributed by atoms with Gasteiger partial charge in [-0.25, -0.2) is 0 Å². The second-order valence-electron chi connectivity index (χ2n) is 9.35. The summed E-state index contributed by atoms with van der Waals surface area (Å²) in [6.45, 7) is 7.24. The van der Waals surface area contributed by atoms with Gasteiger partial charge in [-0.1, -0.05) is 52.0 Å². The van der Waals surface area contributed by atoms with E-state index in [1.165, 1.54) is 13.2 Å². The van der Waals surface area contributed by atoms with Gasteiger partial charge in [0.05, 0.1) is 19.2 Å². The zero-order valence-corrected chi connectivity index (χ0v) is 19.4. The SMILES string of the molecule is COc1c(C(C)C)cccc1C(C)(C)CC(O)(C=Nc1cccc2c1CC(=O)N2)C(F)(F)F. The average Bonchev–Trinajstić information content (AvgIpc) is 3.11. The highest BCUT2D eigenvalue weighted by Gasteiger charge is 2.55. The molecule has 0 spiro atoms. The predicted molar refractivity (Wildman–Crippen MR) is 123 cm³/mol. The van der Waals surface area contributed by atoms with Gasteiger partial charge >= 0.3 is 6.18 Å². The third-order valence-corrected chi connectivity index (χ3v) is 5.98. The number of alkyl halides is 3. The Morgan fingerprint density at radius 1 is 1.18 bits per heavy atom. The summed E-state index contributed by atoms with van der Waals surface area (Å²) in [5, 5.41) is 13.5. The molecule has 0 fully saturated rings. The van der Waals surface area contributed by atoms with E-state index in [2.05, 4.69) is 10.3 Å². The van der Waals surface area contributed by atoms with Crippen molar-refractivity contribution < 1.29 is 27.8 Å². The van der Waals surface area contributed by atoms with E-state index < -0.39 is 23.6 Å². The number of aliphatic hydroxyl groups is 1. The van der Waals surface area contributed by atoms with Gasteiger partial charge < -0.3 is 15.2 Å². The number of carbonyl (C=O) groups is 1. The molecule has 0 aromatic heterocycles. The minimum atomic E-state index is -4.97. The summed E-state index contributed by atoms with van der Waals surface area (Å²) in [4.78, 5) is 15.7. The van der Waals surface area contributed by atoms with Crippen LogP contribution in [-0.4, -0.2) is 36.1 Å². The fraction of sp³-hybridized carbons (Fsp3) is 0.440. The van der Waals surface area contributed by atoms with Crippen LogP contribution in [0, 0.1) is 0 Å². The Morgan fingerprint density at radius 3 is 2.45 bits per heavy atom. The molecule has 1 aliphatic rings. The van der Waals surface area contributed by atoms with Gasteiger partial charge in [-0.2, -0.15) is 13.2 Å². The van der Waals surface area contributed by atoms with E-state index in [0.29, 0.717) is 28.8 Å². The first-order valence-corrected chi connectivity index (χ1v) is 10.7. The molecule has 0 radical (unpaired) electrons. The van der Waals surface area contributed by atoms with Crippen molar-refractivity contribution in [2.45, 2.75) is 63.6 Å². The molecule has 1 atom stereocenters. The Morgan fingerprint density at radius 2 is 1.85 bits per heavy atom. The first kappa shape index (κ1) is 24.8. The van der Waals surface area contributed by atoms with E-state index >= 15 is 0 Å². The van der Waals surface area contributed by atoms with Crippen molar-refractivity contribution in [1.29, 1.82) is 0 Å². The molecule has 2 N–H and O–H groups in total. The molecule has 0 saturated heterocycles. The van der Waals surface area contributed by atoms with Crippen LogP contribution in [0.3, 0.4) is 0 Å². The van der Waals surface area contributed by atoms with Gasteiger partial charge in [0.1, 0.15) is 5.75 Å². The highest BCUT2D eigenvalue weighted by molar-refractivity contribution is 6.01. The molecule has 1 heterocycles. The molecule has 0 aliphatic carbocycles. The normalized spacial score (nSPS) is 16.1. The van der Waals surface area contributed by atoms with Crippen LogP contribution in [0.15, 0.2) is 41.4 Å². The number of aliphatic imine (C=N–C) groups is 1. The van der Waals surface area contributed by atoms with E-state index in [9.17, 15) is 23.1 Å². The van der Waals surface area contributed by atoms with Crippen LogP contribution in [0.1, 0.15) is 56.7 Å². The van der Waals surface area contributed by atoms with E-state index in [4.69, 9.17) is 4.74 Å². The van der Waals surface area contributed by atoms with Crippen molar-refractivity contribution in [1.82, 2.24) is 0 Å². The van der Waals surface area contributed by atoms with Gasteiger partial charge in [-0.3, -0.25) is 9.79 Å². The maximum absolute atomic E-state index is 14.1. The molecule has 1 amide bonds. The summed E-state index contributed by atoms with van der Waals surface area (Å²) >= 11 is 0. The van der Waals surface area contributed by atoms with Crippen LogP contribution in [0.2, 0.25) is 0 Å². The van der Waals surface area contributed by atoms with Crippen LogP contribution in [0.25, 0.3) is 0 Å². The Bertz CT molecular complexity index is 1080. The number of rotatable bonds is 7. The summed E-state index contributed by atoms with van der Waals surface area (Å²) in [5.74, 6) is 0.372. The fourth-order valence-electron chi connectivity index (χ4n) is 4.29. The highest BCUT2D eigenvalue weighted by atomic mass is 19.4. The molecule has 3 rings (SSSR count). The number of halogens is 3. The Labute approximate surface area is 191 Å². The third-order valence-electron chi connectivity index (χ3n) is 5.98. The molecule has 0 saturated carbocycles. The van der Waals surface area contributed by atoms with Crippen molar-refractivity contribution >= 4 is 23.5 Å². The van der Waals surface area contributed by atoms with Gasteiger partial charge in [-0.05, 0) is 35.4 Å². The zero-order chi connectivity index (χ0) is 24.6. The monoisotopic (exact) mass is 462 g/mol. The smallest absolute Gasteiger partial charge is 0.422 e. The number of nitrogens with one attached hydrogen (secondary N) is 1. The molecule has 2 aromatic carbocycles. The Balaban J connectivity index is 2.01. The number of ether oxygens (including phenoxy) is 1. The van der Waals surface area contributed by atoms with Gasteiger partial charge in [-0.15, -0.1) is 0 Å². The summed E-state index contributed by atoms with van der Waals surface area (Å²) < 4.78 is 48.0. The number of benzene rings is 2. The van der Waals surface area contributed by atoms with Crippen LogP contribution in [0.5, 0.6) is 5.75 Å². The molecule has 1 aliphatic heterocycles. The number of hydrogen-bond donors (Lipinski definition) is 2. The first-order chi connectivity index (χ1) is 15.3. The maximum atomic E-state index is 14.1. The standard InChI is InChI=1S/C25H29F3N2O3/c1-15(2)16-8-6-9-18(22(16)33-5)23(3,4)13-24(32,25(26,27)28)14-29-19-10-7-11-20-17(19)12-21(31)30-20/h6-11,14-15,32H,12-13H2,1-5H3,(H,30,31). The van der Waals surface area contributed by atoms with Gasteiger partial charge in [0.25, 0.3) is 0 Å². The summed E-state index contributed by atoms with van der Waals surface area (Å²) in [5.41, 5.74) is -1.62. The molecular weight excluding hydrogens is 433 g/mol. The summed E-state index contributed by atoms with van der Waals surface area (Å²) in [6, 6.07) is 10.2. The molecule has 8 heteroatoms. The largest absolute Gasteiger partial charge is 0.496 e. The van der Waals surface area contributed by atoms with Crippen LogP contribution in [0.4, 0.5) is 24.5 Å². The van der Waals surface area contributed by atoms with Gasteiger partial charge in [0.15, 0.2) is 5.60 Å². The van der Waals surface area contributed by atoms with E-state index in [1.807, 2.05) is 19.9 Å². The summed E-state index contributed by atoms with van der Waals surface area (Å²) in [7, 11) is 1.49. The molecule has 33 heavy (non-hydrogen) atoms. The number of carbonyl (C=O) groups excluding carboxylic acids is 1. The molecule has 0 bridgehead atoms. The lowest BCUT2D eigenvalue weighted by Crippen LogP contribution is -2.50. The van der Waals surface area contributed by atoms with Gasteiger partial charge in [0.2, 0.25) is 5.91 Å². The lowest BCUT2D eigenvalue weighted by Gasteiger charge is -2.36. The lowest BCUT2D eigenvalue weighted by molar-refractivity contribution is -0.234. The molecule has 2 aromatic rings.